The molecule has 0 radical (unpaired) electrons. The smallest absolute Gasteiger partial charge is 0.320 e. The molecule has 0 unspecified atom stereocenters. The SMILES string of the molecule is CC(C)CN(C(=O)n1nnn(-c2ccccc2)c1=O)C(C)C. The number of hydrogen-bond acceptors (Lipinski definition) is 4. The maximum atomic E-state index is 12.6. The van der Waals surface area contributed by atoms with Crippen LogP contribution in [0.1, 0.15) is 27.7 Å². The van der Waals surface area contributed by atoms with Gasteiger partial charge in [-0.25, -0.2) is 9.59 Å². The highest BCUT2D eigenvalue weighted by molar-refractivity contribution is 5.75. The van der Waals surface area contributed by atoms with E-state index in [2.05, 4.69) is 10.4 Å². The Morgan fingerprint density at radius 3 is 2.32 bits per heavy atom. The first-order valence-corrected chi connectivity index (χ1v) is 7.33. The summed E-state index contributed by atoms with van der Waals surface area (Å²) in [6, 6.07) is 8.43. The van der Waals surface area contributed by atoms with Crippen molar-refractivity contribution < 1.29 is 4.79 Å². The number of rotatable bonds is 4. The molecule has 0 saturated heterocycles. The largest absolute Gasteiger partial charge is 0.377 e. The third-order valence-corrected chi connectivity index (χ3v) is 3.19. The number of amides is 1. The van der Waals surface area contributed by atoms with E-state index in [4.69, 9.17) is 0 Å². The predicted octanol–water partition coefficient (Wildman–Crippen LogP) is 1.76. The third-order valence-electron chi connectivity index (χ3n) is 3.19. The van der Waals surface area contributed by atoms with Crippen LogP contribution in [0.15, 0.2) is 35.1 Å². The van der Waals surface area contributed by atoms with Crippen molar-refractivity contribution in [2.75, 3.05) is 6.54 Å². The molecule has 0 saturated carbocycles. The fourth-order valence-electron chi connectivity index (χ4n) is 2.12. The van der Waals surface area contributed by atoms with Gasteiger partial charge in [0.25, 0.3) is 0 Å². The van der Waals surface area contributed by atoms with Crippen LogP contribution in [0.4, 0.5) is 4.79 Å². The number of nitrogens with zero attached hydrogens (tertiary/aromatic N) is 5. The number of aromatic nitrogens is 4. The summed E-state index contributed by atoms with van der Waals surface area (Å²) in [5, 5.41) is 7.53. The first-order valence-electron chi connectivity index (χ1n) is 7.33. The van der Waals surface area contributed by atoms with Crippen LogP contribution in [-0.4, -0.2) is 43.3 Å². The molecule has 1 aromatic heterocycles. The highest BCUT2D eigenvalue weighted by Gasteiger charge is 2.24. The summed E-state index contributed by atoms with van der Waals surface area (Å²) in [5.41, 5.74) is 0.0112. The quantitative estimate of drug-likeness (QED) is 0.807. The van der Waals surface area contributed by atoms with Crippen molar-refractivity contribution in [2.45, 2.75) is 33.7 Å². The maximum absolute atomic E-state index is 12.6. The molecular formula is C15H21N5O2. The average Bonchev–Trinajstić information content (AvgIpc) is 2.86. The van der Waals surface area contributed by atoms with Gasteiger partial charge in [0, 0.05) is 12.6 Å². The third kappa shape index (κ3) is 3.24. The van der Waals surface area contributed by atoms with E-state index in [1.165, 1.54) is 0 Å². The highest BCUT2D eigenvalue weighted by Crippen LogP contribution is 2.06. The van der Waals surface area contributed by atoms with Gasteiger partial charge in [-0.05, 0) is 42.3 Å². The summed E-state index contributed by atoms with van der Waals surface area (Å²) in [4.78, 5) is 26.6. The molecule has 22 heavy (non-hydrogen) atoms. The van der Waals surface area contributed by atoms with E-state index in [1.807, 2.05) is 33.8 Å². The molecule has 7 nitrogen and oxygen atoms in total. The average molecular weight is 303 g/mol. The minimum Gasteiger partial charge on any atom is -0.320 e. The molecule has 0 fully saturated rings. The van der Waals surface area contributed by atoms with Crippen molar-refractivity contribution >= 4 is 6.03 Å². The van der Waals surface area contributed by atoms with Crippen molar-refractivity contribution in [1.82, 2.24) is 24.7 Å². The summed E-state index contributed by atoms with van der Waals surface area (Å²) < 4.78 is 1.93. The molecule has 1 aromatic carbocycles. The van der Waals surface area contributed by atoms with Gasteiger partial charge in [-0.1, -0.05) is 32.0 Å². The summed E-state index contributed by atoms with van der Waals surface area (Å²) in [6.07, 6.45) is 0. The Hall–Kier alpha value is -2.44. The van der Waals surface area contributed by atoms with Crippen molar-refractivity contribution in [3.05, 3.63) is 40.8 Å². The van der Waals surface area contributed by atoms with Crippen LogP contribution in [0.2, 0.25) is 0 Å². The van der Waals surface area contributed by atoms with Crippen LogP contribution >= 0.6 is 0 Å². The maximum Gasteiger partial charge on any atom is 0.377 e. The predicted molar refractivity (Wildman–Crippen MR) is 83.1 cm³/mol. The first kappa shape index (κ1) is 15.9. The Kier molecular flexibility index (Phi) is 4.75. The van der Waals surface area contributed by atoms with Crippen LogP contribution < -0.4 is 5.69 Å². The molecule has 2 aromatic rings. The lowest BCUT2D eigenvalue weighted by Crippen LogP contribution is -2.45. The van der Waals surface area contributed by atoms with E-state index in [1.54, 1.807) is 29.2 Å². The summed E-state index contributed by atoms with van der Waals surface area (Å²) in [6.45, 7) is 8.42. The second-order valence-corrected chi connectivity index (χ2v) is 5.84. The fourth-order valence-corrected chi connectivity index (χ4v) is 2.12. The van der Waals surface area contributed by atoms with Gasteiger partial charge >= 0.3 is 11.7 Å². The molecule has 0 spiro atoms. The molecule has 0 aliphatic heterocycles. The van der Waals surface area contributed by atoms with E-state index in [-0.39, 0.29) is 6.04 Å². The molecule has 0 atom stereocenters. The van der Waals surface area contributed by atoms with Crippen LogP contribution in [-0.2, 0) is 0 Å². The molecule has 0 aliphatic carbocycles. The zero-order chi connectivity index (χ0) is 16.3. The summed E-state index contributed by atoms with van der Waals surface area (Å²) >= 11 is 0. The van der Waals surface area contributed by atoms with Gasteiger partial charge in [0.05, 0.1) is 5.69 Å². The lowest BCUT2D eigenvalue weighted by atomic mass is 10.2. The van der Waals surface area contributed by atoms with Crippen LogP contribution in [0.5, 0.6) is 0 Å². The zero-order valence-electron chi connectivity index (χ0n) is 13.3. The number of benzene rings is 1. The van der Waals surface area contributed by atoms with Gasteiger partial charge in [0.1, 0.15) is 0 Å². The Balaban J connectivity index is 2.35. The second kappa shape index (κ2) is 6.55. The second-order valence-electron chi connectivity index (χ2n) is 5.84. The standard InChI is InChI=1S/C15H21N5O2/c1-11(2)10-18(12(3)4)14(21)20-15(22)19(16-17-20)13-8-6-5-7-9-13/h5-9,11-12H,10H2,1-4H3. The van der Waals surface area contributed by atoms with Crippen molar-refractivity contribution in [3.8, 4) is 5.69 Å². The van der Waals surface area contributed by atoms with E-state index in [0.717, 1.165) is 9.36 Å². The molecule has 7 heteroatoms. The first-order chi connectivity index (χ1) is 10.4. The van der Waals surface area contributed by atoms with E-state index in [0.29, 0.717) is 18.2 Å². The van der Waals surface area contributed by atoms with Crippen LogP contribution in [0.3, 0.4) is 0 Å². The highest BCUT2D eigenvalue weighted by atomic mass is 16.2. The molecule has 1 amide bonds. The zero-order valence-corrected chi connectivity index (χ0v) is 13.3. The number of carbonyl (C=O) groups is 1. The monoisotopic (exact) mass is 303 g/mol. The van der Waals surface area contributed by atoms with Crippen molar-refractivity contribution in [2.24, 2.45) is 5.92 Å². The Morgan fingerprint density at radius 1 is 1.14 bits per heavy atom. The molecule has 1 heterocycles. The van der Waals surface area contributed by atoms with Gasteiger partial charge in [-0.15, -0.1) is 4.68 Å². The number of para-hydroxylation sites is 1. The van der Waals surface area contributed by atoms with Gasteiger partial charge in [0.15, 0.2) is 0 Å². The minimum atomic E-state index is -0.564. The van der Waals surface area contributed by atoms with Gasteiger partial charge in [-0.3, -0.25) is 0 Å². The van der Waals surface area contributed by atoms with Gasteiger partial charge in [0.2, 0.25) is 0 Å². The van der Waals surface area contributed by atoms with E-state index >= 15 is 0 Å². The minimum absolute atomic E-state index is 0.0244. The summed E-state index contributed by atoms with van der Waals surface area (Å²) in [5.74, 6) is 0.297. The molecule has 0 N–H and O–H groups in total. The number of hydrogen-bond donors (Lipinski definition) is 0. The van der Waals surface area contributed by atoms with Crippen molar-refractivity contribution in [3.63, 3.8) is 0 Å². The topological polar surface area (TPSA) is 73.0 Å². The lowest BCUT2D eigenvalue weighted by molar-refractivity contribution is 0.172. The van der Waals surface area contributed by atoms with E-state index in [9.17, 15) is 9.59 Å². The molecule has 2 rings (SSSR count). The lowest BCUT2D eigenvalue weighted by Gasteiger charge is -2.27. The van der Waals surface area contributed by atoms with Crippen LogP contribution in [0.25, 0.3) is 5.69 Å². The van der Waals surface area contributed by atoms with E-state index < -0.39 is 11.7 Å². The fraction of sp³-hybridized carbons (Fsp3) is 0.467. The molecular weight excluding hydrogens is 282 g/mol. The number of tetrazole rings is 1. The normalized spacial score (nSPS) is 11.2. The van der Waals surface area contributed by atoms with Crippen LogP contribution in [0, 0.1) is 5.92 Å². The Bertz CT molecular complexity index is 687. The molecule has 118 valence electrons. The Labute approximate surface area is 129 Å². The van der Waals surface area contributed by atoms with Gasteiger partial charge < -0.3 is 4.90 Å². The molecule has 0 aliphatic rings. The molecule has 0 bridgehead atoms. The number of carbonyl (C=O) groups excluding carboxylic acids is 1. The van der Waals surface area contributed by atoms with Gasteiger partial charge in [-0.2, -0.15) is 4.68 Å². The summed E-state index contributed by atoms with van der Waals surface area (Å²) in [7, 11) is 0. The Morgan fingerprint density at radius 2 is 1.77 bits per heavy atom. The van der Waals surface area contributed by atoms with Crippen molar-refractivity contribution in [1.29, 1.82) is 0 Å².